The summed E-state index contributed by atoms with van der Waals surface area (Å²) < 4.78 is 40.3. The highest BCUT2D eigenvalue weighted by molar-refractivity contribution is 9.10. The fraction of sp³-hybridized carbons (Fsp3) is 0.571. The Balaban J connectivity index is 2.31. The first-order valence-corrected chi connectivity index (χ1v) is 9.19. The highest BCUT2D eigenvalue weighted by atomic mass is 79.9. The SMILES string of the molecule is CC1CCC(N(C)S(=O)(=O)c2cc(Br)c(F)cc2N)CC1. The van der Waals surface area contributed by atoms with E-state index in [1.165, 1.54) is 10.4 Å². The van der Waals surface area contributed by atoms with Gasteiger partial charge in [-0.15, -0.1) is 0 Å². The summed E-state index contributed by atoms with van der Waals surface area (Å²) in [6.07, 6.45) is 3.73. The predicted octanol–water partition coefficient (Wildman–Crippen LogP) is 3.37. The van der Waals surface area contributed by atoms with E-state index in [2.05, 4.69) is 22.9 Å². The summed E-state index contributed by atoms with van der Waals surface area (Å²) in [6.45, 7) is 2.18. The molecule has 118 valence electrons. The average molecular weight is 379 g/mol. The first kappa shape index (κ1) is 16.7. The molecular formula is C14H20BrFN2O2S. The number of nitrogens with zero attached hydrogens (tertiary/aromatic N) is 1. The molecule has 1 aliphatic carbocycles. The molecule has 0 bridgehead atoms. The summed E-state index contributed by atoms with van der Waals surface area (Å²) in [5.41, 5.74) is 5.64. The molecule has 21 heavy (non-hydrogen) atoms. The van der Waals surface area contributed by atoms with Crippen LogP contribution in [0, 0.1) is 11.7 Å². The Hall–Kier alpha value is -0.660. The third kappa shape index (κ3) is 3.40. The van der Waals surface area contributed by atoms with E-state index in [9.17, 15) is 12.8 Å². The van der Waals surface area contributed by atoms with Gasteiger partial charge in [0.1, 0.15) is 10.7 Å². The Morgan fingerprint density at radius 3 is 2.43 bits per heavy atom. The lowest BCUT2D eigenvalue weighted by molar-refractivity contribution is 0.246. The van der Waals surface area contributed by atoms with Gasteiger partial charge in [0.25, 0.3) is 0 Å². The van der Waals surface area contributed by atoms with Gasteiger partial charge < -0.3 is 5.73 Å². The molecule has 2 rings (SSSR count). The predicted molar refractivity (Wildman–Crippen MR) is 84.9 cm³/mol. The number of hydrogen-bond donors (Lipinski definition) is 1. The Morgan fingerprint density at radius 1 is 1.29 bits per heavy atom. The molecule has 1 saturated carbocycles. The molecule has 7 heteroatoms. The van der Waals surface area contributed by atoms with E-state index in [4.69, 9.17) is 5.73 Å². The lowest BCUT2D eigenvalue weighted by Gasteiger charge is -2.33. The molecule has 1 aromatic carbocycles. The summed E-state index contributed by atoms with van der Waals surface area (Å²) in [4.78, 5) is -0.0445. The quantitative estimate of drug-likeness (QED) is 0.819. The molecule has 0 radical (unpaired) electrons. The van der Waals surface area contributed by atoms with Crippen molar-refractivity contribution in [3.63, 3.8) is 0 Å². The lowest BCUT2D eigenvalue weighted by atomic mass is 9.87. The van der Waals surface area contributed by atoms with Gasteiger partial charge in [-0.25, -0.2) is 12.8 Å². The molecule has 0 atom stereocenters. The summed E-state index contributed by atoms with van der Waals surface area (Å²) in [6, 6.07) is 2.25. The van der Waals surface area contributed by atoms with Crippen LogP contribution in [0.3, 0.4) is 0 Å². The Morgan fingerprint density at radius 2 is 1.86 bits per heavy atom. The van der Waals surface area contributed by atoms with Crippen molar-refractivity contribution in [2.75, 3.05) is 12.8 Å². The number of anilines is 1. The van der Waals surface area contributed by atoms with Crippen LogP contribution in [-0.4, -0.2) is 25.8 Å². The Labute approximate surface area is 133 Å². The van der Waals surface area contributed by atoms with Gasteiger partial charge in [-0.3, -0.25) is 0 Å². The minimum Gasteiger partial charge on any atom is -0.398 e. The van der Waals surface area contributed by atoms with Crippen molar-refractivity contribution >= 4 is 31.6 Å². The van der Waals surface area contributed by atoms with Crippen LogP contribution in [0.1, 0.15) is 32.6 Å². The van der Waals surface area contributed by atoms with Gasteiger partial charge in [0, 0.05) is 13.1 Å². The first-order chi connectivity index (χ1) is 9.73. The Bertz CT molecular complexity index is 628. The van der Waals surface area contributed by atoms with Crippen LogP contribution >= 0.6 is 15.9 Å². The van der Waals surface area contributed by atoms with E-state index in [-0.39, 0.29) is 21.1 Å². The van der Waals surface area contributed by atoms with Gasteiger partial charge >= 0.3 is 0 Å². The lowest BCUT2D eigenvalue weighted by Crippen LogP contribution is -2.39. The van der Waals surface area contributed by atoms with Crippen LogP contribution in [0.5, 0.6) is 0 Å². The number of sulfonamides is 1. The summed E-state index contributed by atoms with van der Waals surface area (Å²) in [7, 11) is -2.14. The van der Waals surface area contributed by atoms with Crippen LogP contribution in [0.2, 0.25) is 0 Å². The number of nitrogens with two attached hydrogens (primary N) is 1. The molecule has 0 saturated heterocycles. The second-order valence-electron chi connectivity index (χ2n) is 5.74. The van der Waals surface area contributed by atoms with E-state index in [0.717, 1.165) is 31.7 Å². The zero-order chi connectivity index (χ0) is 15.8. The number of hydrogen-bond acceptors (Lipinski definition) is 3. The highest BCUT2D eigenvalue weighted by Gasteiger charge is 2.32. The maximum Gasteiger partial charge on any atom is 0.245 e. The maximum atomic E-state index is 13.4. The number of halogens is 2. The van der Waals surface area contributed by atoms with Crippen molar-refractivity contribution in [1.82, 2.24) is 4.31 Å². The monoisotopic (exact) mass is 378 g/mol. The summed E-state index contributed by atoms with van der Waals surface area (Å²) >= 11 is 3.01. The number of nitrogen functional groups attached to an aromatic ring is 1. The van der Waals surface area contributed by atoms with Gasteiger partial charge in [0.15, 0.2) is 0 Å². The molecule has 4 nitrogen and oxygen atoms in total. The summed E-state index contributed by atoms with van der Waals surface area (Å²) in [5.74, 6) is 0.0722. The van der Waals surface area contributed by atoms with E-state index < -0.39 is 15.8 Å². The molecule has 0 aromatic heterocycles. The third-order valence-electron chi connectivity index (χ3n) is 4.21. The number of rotatable bonds is 3. The third-order valence-corrected chi connectivity index (χ3v) is 6.78. The standard InChI is InChI=1S/C14H20BrFN2O2S/c1-9-3-5-10(6-4-9)18(2)21(19,20)14-7-11(15)12(16)8-13(14)17/h7-10H,3-6,17H2,1-2H3. The minimum atomic E-state index is -3.71. The minimum absolute atomic E-state index is 0.0190. The Kier molecular flexibility index (Phi) is 4.95. The normalized spacial score (nSPS) is 23.5. The average Bonchev–Trinajstić information content (AvgIpc) is 2.42. The molecule has 1 aliphatic rings. The van der Waals surface area contributed by atoms with Crippen molar-refractivity contribution in [3.05, 3.63) is 22.4 Å². The van der Waals surface area contributed by atoms with Crippen molar-refractivity contribution in [1.29, 1.82) is 0 Å². The fourth-order valence-electron chi connectivity index (χ4n) is 2.72. The first-order valence-electron chi connectivity index (χ1n) is 6.96. The second kappa shape index (κ2) is 6.22. The van der Waals surface area contributed by atoms with Crippen molar-refractivity contribution < 1.29 is 12.8 Å². The van der Waals surface area contributed by atoms with Crippen LogP contribution in [-0.2, 0) is 10.0 Å². The van der Waals surface area contributed by atoms with E-state index >= 15 is 0 Å². The molecule has 2 N–H and O–H groups in total. The van der Waals surface area contributed by atoms with E-state index in [1.54, 1.807) is 7.05 Å². The molecule has 0 aliphatic heterocycles. The maximum absolute atomic E-state index is 13.4. The molecule has 0 amide bonds. The summed E-state index contributed by atoms with van der Waals surface area (Å²) in [5, 5.41) is 0. The molecule has 1 fully saturated rings. The molecule has 0 unspecified atom stereocenters. The van der Waals surface area contributed by atoms with E-state index in [0.29, 0.717) is 5.92 Å². The van der Waals surface area contributed by atoms with Crippen molar-refractivity contribution in [3.8, 4) is 0 Å². The largest absolute Gasteiger partial charge is 0.398 e. The van der Waals surface area contributed by atoms with Gasteiger partial charge in [0.05, 0.1) is 10.2 Å². The van der Waals surface area contributed by atoms with Crippen LogP contribution in [0.15, 0.2) is 21.5 Å². The second-order valence-corrected chi connectivity index (χ2v) is 8.56. The zero-order valence-corrected chi connectivity index (χ0v) is 14.5. The van der Waals surface area contributed by atoms with Gasteiger partial charge in [-0.1, -0.05) is 6.92 Å². The topological polar surface area (TPSA) is 63.4 Å². The zero-order valence-electron chi connectivity index (χ0n) is 12.1. The van der Waals surface area contributed by atoms with E-state index in [1.807, 2.05) is 0 Å². The van der Waals surface area contributed by atoms with Crippen LogP contribution < -0.4 is 5.73 Å². The molecular weight excluding hydrogens is 359 g/mol. The van der Waals surface area contributed by atoms with Crippen molar-refractivity contribution in [2.24, 2.45) is 5.92 Å². The molecule has 0 heterocycles. The fourth-order valence-corrected chi connectivity index (χ4v) is 4.76. The van der Waals surface area contributed by atoms with Crippen LogP contribution in [0.25, 0.3) is 0 Å². The highest BCUT2D eigenvalue weighted by Crippen LogP contribution is 2.32. The van der Waals surface area contributed by atoms with Gasteiger partial charge in [-0.2, -0.15) is 4.31 Å². The smallest absolute Gasteiger partial charge is 0.245 e. The number of benzene rings is 1. The van der Waals surface area contributed by atoms with Gasteiger partial charge in [0.2, 0.25) is 10.0 Å². The van der Waals surface area contributed by atoms with Crippen molar-refractivity contribution in [2.45, 2.75) is 43.5 Å². The molecule has 1 aromatic rings. The van der Waals surface area contributed by atoms with Gasteiger partial charge in [-0.05, 0) is 59.7 Å². The van der Waals surface area contributed by atoms with Crippen LogP contribution in [0.4, 0.5) is 10.1 Å². The molecule has 0 spiro atoms.